The van der Waals surface area contributed by atoms with Crippen LogP contribution in [0.15, 0.2) is 41.1 Å². The number of hydrogen-bond acceptors (Lipinski definition) is 4. The molecule has 0 radical (unpaired) electrons. The summed E-state index contributed by atoms with van der Waals surface area (Å²) in [5.74, 6) is 0.881. The molecule has 1 aromatic carbocycles. The van der Waals surface area contributed by atoms with E-state index in [-0.39, 0.29) is 0 Å². The average Bonchev–Trinajstić information content (AvgIpc) is 2.53. The second kappa shape index (κ2) is 6.94. The molecule has 116 valence electrons. The Morgan fingerprint density at radius 2 is 2.00 bits per heavy atom. The minimum atomic E-state index is 0.453. The first-order valence-corrected chi connectivity index (χ1v) is 8.51. The van der Waals surface area contributed by atoms with Gasteiger partial charge in [-0.2, -0.15) is 0 Å². The van der Waals surface area contributed by atoms with Crippen molar-refractivity contribution in [3.8, 4) is 0 Å². The van der Waals surface area contributed by atoms with E-state index in [2.05, 4.69) is 73.0 Å². The monoisotopic (exact) mass is 380 g/mol. The lowest BCUT2D eigenvalue weighted by atomic mass is 10.1. The molecule has 0 N–H and O–H groups in total. The van der Waals surface area contributed by atoms with E-state index in [1.165, 1.54) is 11.9 Å². The predicted molar refractivity (Wildman–Crippen MR) is 93.3 cm³/mol. The van der Waals surface area contributed by atoms with E-state index in [1.54, 1.807) is 0 Å². The van der Waals surface area contributed by atoms with Crippen molar-refractivity contribution in [3.05, 3.63) is 51.8 Å². The van der Waals surface area contributed by atoms with Crippen molar-refractivity contribution in [2.75, 3.05) is 24.5 Å². The summed E-state index contributed by atoms with van der Waals surface area (Å²) in [7, 11) is 0. The van der Waals surface area contributed by atoms with Crippen molar-refractivity contribution in [1.29, 1.82) is 0 Å². The number of piperazine rings is 1. The molecule has 22 heavy (non-hydrogen) atoms. The smallest absolute Gasteiger partial charge is 0.148 e. The number of anilines is 1. The highest BCUT2D eigenvalue weighted by molar-refractivity contribution is 9.10. The molecule has 0 bridgehead atoms. The van der Waals surface area contributed by atoms with Crippen LogP contribution in [0.25, 0.3) is 0 Å². The molecule has 6 heteroatoms. The van der Waals surface area contributed by atoms with E-state index in [4.69, 9.17) is 11.6 Å². The summed E-state index contributed by atoms with van der Waals surface area (Å²) < 4.78 is 0.778. The van der Waals surface area contributed by atoms with Crippen LogP contribution >= 0.6 is 27.5 Å². The van der Waals surface area contributed by atoms with E-state index in [9.17, 15) is 0 Å². The summed E-state index contributed by atoms with van der Waals surface area (Å²) in [6.45, 7) is 6.11. The van der Waals surface area contributed by atoms with Gasteiger partial charge in [0.05, 0.1) is 4.47 Å². The van der Waals surface area contributed by atoms with E-state index in [0.29, 0.717) is 11.2 Å². The van der Waals surface area contributed by atoms with E-state index in [0.717, 1.165) is 36.5 Å². The standard InChI is InChI=1S/C16H18BrClN4/c1-12-9-22(16-14(17)15(18)19-11-20-16)8-7-21(12)10-13-5-3-2-4-6-13/h2-6,11-12H,7-10H2,1H3. The Labute approximate surface area is 144 Å². The maximum Gasteiger partial charge on any atom is 0.148 e. The molecule has 1 aromatic heterocycles. The van der Waals surface area contributed by atoms with Crippen molar-refractivity contribution in [3.63, 3.8) is 0 Å². The molecule has 2 heterocycles. The molecule has 0 spiro atoms. The van der Waals surface area contributed by atoms with Gasteiger partial charge in [0.2, 0.25) is 0 Å². The minimum absolute atomic E-state index is 0.453. The van der Waals surface area contributed by atoms with E-state index >= 15 is 0 Å². The molecule has 4 nitrogen and oxygen atoms in total. The zero-order valence-corrected chi connectivity index (χ0v) is 14.8. The van der Waals surface area contributed by atoms with Crippen LogP contribution in [0, 0.1) is 0 Å². The quantitative estimate of drug-likeness (QED) is 0.760. The second-order valence-corrected chi connectivity index (χ2v) is 6.70. The Balaban J connectivity index is 1.68. The lowest BCUT2D eigenvalue weighted by Gasteiger charge is -2.40. The van der Waals surface area contributed by atoms with Crippen LogP contribution in [-0.4, -0.2) is 40.5 Å². The summed E-state index contributed by atoms with van der Waals surface area (Å²) in [6, 6.07) is 11.1. The lowest BCUT2D eigenvalue weighted by Crippen LogP contribution is -2.51. The molecular formula is C16H18BrClN4. The Hall–Kier alpha value is -1.17. The molecule has 1 aliphatic heterocycles. The number of halogens is 2. The largest absolute Gasteiger partial charge is 0.353 e. The summed E-state index contributed by atoms with van der Waals surface area (Å²) in [4.78, 5) is 13.1. The number of nitrogens with zero attached hydrogens (tertiary/aromatic N) is 4. The van der Waals surface area contributed by atoms with Gasteiger partial charge in [0.15, 0.2) is 0 Å². The highest BCUT2D eigenvalue weighted by Crippen LogP contribution is 2.30. The Bertz CT molecular complexity index is 637. The third-order valence-corrected chi connectivity index (χ3v) is 5.27. The summed E-state index contributed by atoms with van der Waals surface area (Å²) in [5, 5.41) is 0.462. The molecule has 0 amide bonds. The van der Waals surface area contributed by atoms with Gasteiger partial charge in [-0.25, -0.2) is 9.97 Å². The van der Waals surface area contributed by atoms with E-state index < -0.39 is 0 Å². The maximum absolute atomic E-state index is 6.07. The predicted octanol–water partition coefficient (Wildman–Crippen LogP) is 3.60. The zero-order valence-electron chi connectivity index (χ0n) is 12.4. The van der Waals surface area contributed by atoms with Gasteiger partial charge in [0.1, 0.15) is 17.3 Å². The topological polar surface area (TPSA) is 32.3 Å². The average molecular weight is 382 g/mol. The second-order valence-electron chi connectivity index (χ2n) is 5.55. The van der Waals surface area contributed by atoms with Crippen LogP contribution in [0.5, 0.6) is 0 Å². The van der Waals surface area contributed by atoms with Crippen LogP contribution in [0.2, 0.25) is 5.15 Å². The van der Waals surface area contributed by atoms with Crippen molar-refractivity contribution in [1.82, 2.24) is 14.9 Å². The summed E-state index contributed by atoms with van der Waals surface area (Å²) >= 11 is 9.56. The SMILES string of the molecule is CC1CN(c2ncnc(Cl)c2Br)CCN1Cc1ccccc1. The fraction of sp³-hybridized carbons (Fsp3) is 0.375. The van der Waals surface area contributed by atoms with Crippen LogP contribution in [-0.2, 0) is 6.54 Å². The molecule has 1 fully saturated rings. The number of aromatic nitrogens is 2. The number of benzene rings is 1. The highest BCUT2D eigenvalue weighted by atomic mass is 79.9. The molecular weight excluding hydrogens is 364 g/mol. The van der Waals surface area contributed by atoms with Gasteiger partial charge in [-0.3, -0.25) is 4.90 Å². The van der Waals surface area contributed by atoms with Gasteiger partial charge in [-0.15, -0.1) is 0 Å². The van der Waals surface area contributed by atoms with Crippen molar-refractivity contribution in [2.45, 2.75) is 19.5 Å². The highest BCUT2D eigenvalue weighted by Gasteiger charge is 2.26. The summed E-state index contributed by atoms with van der Waals surface area (Å²) in [5.41, 5.74) is 1.36. The first-order valence-electron chi connectivity index (χ1n) is 7.34. The Morgan fingerprint density at radius 1 is 1.23 bits per heavy atom. The maximum atomic E-state index is 6.07. The van der Waals surface area contributed by atoms with Crippen molar-refractivity contribution >= 4 is 33.3 Å². The molecule has 1 saturated heterocycles. The van der Waals surface area contributed by atoms with Crippen LogP contribution in [0.4, 0.5) is 5.82 Å². The van der Waals surface area contributed by atoms with Gasteiger partial charge in [-0.05, 0) is 28.4 Å². The normalized spacial score (nSPS) is 19.4. The molecule has 1 atom stereocenters. The lowest BCUT2D eigenvalue weighted by molar-refractivity contribution is 0.180. The zero-order chi connectivity index (χ0) is 15.5. The molecule has 0 aliphatic carbocycles. The van der Waals surface area contributed by atoms with Gasteiger partial charge in [0, 0.05) is 32.2 Å². The van der Waals surface area contributed by atoms with Crippen LogP contribution in [0.1, 0.15) is 12.5 Å². The fourth-order valence-corrected chi connectivity index (χ4v) is 3.38. The van der Waals surface area contributed by atoms with Gasteiger partial charge >= 0.3 is 0 Å². The van der Waals surface area contributed by atoms with Crippen molar-refractivity contribution in [2.24, 2.45) is 0 Å². The molecule has 0 saturated carbocycles. The first-order chi connectivity index (χ1) is 10.6. The van der Waals surface area contributed by atoms with Gasteiger partial charge < -0.3 is 4.90 Å². The molecule has 1 aliphatic rings. The van der Waals surface area contributed by atoms with Crippen LogP contribution < -0.4 is 4.90 Å². The fourth-order valence-electron chi connectivity index (χ4n) is 2.80. The number of rotatable bonds is 3. The minimum Gasteiger partial charge on any atom is -0.353 e. The van der Waals surface area contributed by atoms with Crippen LogP contribution in [0.3, 0.4) is 0 Å². The third kappa shape index (κ3) is 3.42. The Kier molecular flexibility index (Phi) is 4.96. The molecule has 2 aromatic rings. The molecule has 3 rings (SSSR count). The summed E-state index contributed by atoms with van der Waals surface area (Å²) in [6.07, 6.45) is 1.52. The first kappa shape index (κ1) is 15.7. The number of hydrogen-bond donors (Lipinski definition) is 0. The Morgan fingerprint density at radius 3 is 2.73 bits per heavy atom. The van der Waals surface area contributed by atoms with E-state index in [1.807, 2.05) is 0 Å². The van der Waals surface area contributed by atoms with Gasteiger partial charge in [-0.1, -0.05) is 41.9 Å². The van der Waals surface area contributed by atoms with Gasteiger partial charge in [0.25, 0.3) is 0 Å². The van der Waals surface area contributed by atoms with Crippen molar-refractivity contribution < 1.29 is 0 Å². The molecule has 1 unspecified atom stereocenters. The third-order valence-electron chi connectivity index (χ3n) is 4.02.